The molecule has 6 heteroatoms. The molecular formula is C15H29N3O2S. The summed E-state index contributed by atoms with van der Waals surface area (Å²) in [4.78, 5) is 0.314. The average molecular weight is 315 g/mol. The molecule has 1 aromatic heterocycles. The van der Waals surface area contributed by atoms with Gasteiger partial charge in [0.05, 0.1) is 4.90 Å². The molecule has 3 N–H and O–H groups in total. The quantitative estimate of drug-likeness (QED) is 0.735. The maximum atomic E-state index is 12.5. The van der Waals surface area contributed by atoms with Crippen molar-refractivity contribution in [2.45, 2.75) is 71.0 Å². The van der Waals surface area contributed by atoms with Gasteiger partial charge in [-0.2, -0.15) is 0 Å². The normalized spacial score (nSPS) is 13.8. The molecule has 1 rings (SSSR count). The molecule has 0 bridgehead atoms. The van der Waals surface area contributed by atoms with Gasteiger partial charge < -0.3 is 10.3 Å². The summed E-state index contributed by atoms with van der Waals surface area (Å²) in [5.41, 5.74) is 6.55. The molecule has 0 radical (unpaired) electrons. The van der Waals surface area contributed by atoms with Crippen molar-refractivity contribution < 1.29 is 8.42 Å². The largest absolute Gasteiger partial charge is 0.349 e. The van der Waals surface area contributed by atoms with Crippen molar-refractivity contribution in [2.75, 3.05) is 0 Å². The molecule has 0 aliphatic carbocycles. The van der Waals surface area contributed by atoms with Gasteiger partial charge >= 0.3 is 0 Å². The van der Waals surface area contributed by atoms with Crippen molar-refractivity contribution in [1.82, 2.24) is 9.29 Å². The Balaban J connectivity index is 2.97. The Morgan fingerprint density at radius 3 is 2.38 bits per heavy atom. The van der Waals surface area contributed by atoms with Gasteiger partial charge in [-0.3, -0.25) is 0 Å². The molecule has 0 saturated heterocycles. The first kappa shape index (κ1) is 18.2. The summed E-state index contributed by atoms with van der Waals surface area (Å²) in [7, 11) is -3.48. The molecule has 0 fully saturated rings. The number of hydrogen-bond donors (Lipinski definition) is 2. The van der Waals surface area contributed by atoms with Crippen molar-refractivity contribution in [2.24, 2.45) is 11.7 Å². The lowest BCUT2D eigenvalue weighted by atomic mass is 9.96. The van der Waals surface area contributed by atoms with E-state index in [1.807, 2.05) is 11.5 Å². The second-order valence-electron chi connectivity index (χ2n) is 5.55. The molecule has 0 spiro atoms. The summed E-state index contributed by atoms with van der Waals surface area (Å²) in [6.07, 6.45) is 4.56. The molecular weight excluding hydrogens is 286 g/mol. The maximum Gasteiger partial charge on any atom is 0.242 e. The molecule has 5 nitrogen and oxygen atoms in total. The highest BCUT2D eigenvalue weighted by Gasteiger charge is 2.23. The smallest absolute Gasteiger partial charge is 0.242 e. The summed E-state index contributed by atoms with van der Waals surface area (Å²) < 4.78 is 29.7. The van der Waals surface area contributed by atoms with E-state index in [2.05, 4.69) is 25.5 Å². The van der Waals surface area contributed by atoms with Crippen LogP contribution < -0.4 is 10.5 Å². The molecule has 0 saturated carbocycles. The third kappa shape index (κ3) is 4.56. The van der Waals surface area contributed by atoms with Crippen molar-refractivity contribution in [3.8, 4) is 0 Å². The summed E-state index contributed by atoms with van der Waals surface area (Å²) in [5.74, 6) is 0.353. The Kier molecular flexibility index (Phi) is 6.90. The van der Waals surface area contributed by atoms with Gasteiger partial charge in [-0.15, -0.1) is 0 Å². The van der Waals surface area contributed by atoms with Crippen LogP contribution >= 0.6 is 0 Å². The number of nitrogens with zero attached hydrogens (tertiary/aromatic N) is 1. The lowest BCUT2D eigenvalue weighted by Gasteiger charge is -2.22. The highest BCUT2D eigenvalue weighted by Crippen LogP contribution is 2.18. The third-order valence-electron chi connectivity index (χ3n) is 4.04. The van der Waals surface area contributed by atoms with Crippen LogP contribution in [0.1, 0.15) is 52.7 Å². The van der Waals surface area contributed by atoms with Gasteiger partial charge in [0.2, 0.25) is 10.0 Å². The van der Waals surface area contributed by atoms with Gasteiger partial charge in [-0.25, -0.2) is 13.1 Å². The number of aryl methyl sites for hydroxylation is 1. The fourth-order valence-corrected chi connectivity index (χ4v) is 4.07. The first-order valence-corrected chi connectivity index (χ1v) is 9.29. The second-order valence-corrected chi connectivity index (χ2v) is 7.27. The van der Waals surface area contributed by atoms with Crippen LogP contribution in [0.4, 0.5) is 0 Å². The SMILES string of the molecule is CCCn1cc(S(=O)(=O)NC(C)C(CC)CC)cc1CN. The van der Waals surface area contributed by atoms with E-state index in [-0.39, 0.29) is 6.04 Å². The number of rotatable bonds is 9. The molecule has 0 aliphatic rings. The molecule has 1 unspecified atom stereocenters. The van der Waals surface area contributed by atoms with Crippen LogP contribution in [-0.4, -0.2) is 19.0 Å². The summed E-state index contributed by atoms with van der Waals surface area (Å²) in [5, 5.41) is 0. The van der Waals surface area contributed by atoms with Crippen LogP contribution in [0, 0.1) is 5.92 Å². The monoisotopic (exact) mass is 315 g/mol. The zero-order chi connectivity index (χ0) is 16.0. The minimum atomic E-state index is -3.48. The van der Waals surface area contributed by atoms with Crippen molar-refractivity contribution >= 4 is 10.0 Å². The van der Waals surface area contributed by atoms with Gasteiger partial charge in [0.15, 0.2) is 0 Å². The van der Waals surface area contributed by atoms with E-state index in [0.29, 0.717) is 17.4 Å². The predicted molar refractivity (Wildman–Crippen MR) is 86.5 cm³/mol. The number of nitrogens with one attached hydrogen (secondary N) is 1. The van der Waals surface area contributed by atoms with Crippen LogP contribution in [0.25, 0.3) is 0 Å². The van der Waals surface area contributed by atoms with Gasteiger partial charge in [-0.1, -0.05) is 33.6 Å². The van der Waals surface area contributed by atoms with E-state index in [1.54, 1.807) is 12.3 Å². The van der Waals surface area contributed by atoms with Crippen LogP contribution in [0.2, 0.25) is 0 Å². The van der Waals surface area contributed by atoms with Crippen LogP contribution in [0.15, 0.2) is 17.2 Å². The standard InChI is InChI=1S/C15H29N3O2S/c1-5-8-18-11-15(9-14(18)10-16)21(19,20)17-12(4)13(6-2)7-3/h9,11-13,17H,5-8,10,16H2,1-4H3. The fraction of sp³-hybridized carbons (Fsp3) is 0.733. The minimum absolute atomic E-state index is 0.0687. The molecule has 1 heterocycles. The van der Waals surface area contributed by atoms with Gasteiger partial charge in [-0.05, 0) is 25.3 Å². The molecule has 0 aliphatic heterocycles. The van der Waals surface area contributed by atoms with Crippen molar-refractivity contribution in [3.63, 3.8) is 0 Å². The van der Waals surface area contributed by atoms with Gasteiger partial charge in [0.25, 0.3) is 0 Å². The van der Waals surface area contributed by atoms with E-state index in [0.717, 1.165) is 31.5 Å². The van der Waals surface area contributed by atoms with Crippen LogP contribution in [-0.2, 0) is 23.1 Å². The van der Waals surface area contributed by atoms with E-state index in [4.69, 9.17) is 5.73 Å². The van der Waals surface area contributed by atoms with Gasteiger partial charge in [0, 0.05) is 31.0 Å². The first-order valence-electron chi connectivity index (χ1n) is 7.80. The van der Waals surface area contributed by atoms with E-state index < -0.39 is 10.0 Å². The molecule has 1 aromatic rings. The van der Waals surface area contributed by atoms with Crippen LogP contribution in [0.3, 0.4) is 0 Å². The summed E-state index contributed by atoms with van der Waals surface area (Å²) in [6, 6.07) is 1.61. The van der Waals surface area contributed by atoms with Crippen molar-refractivity contribution in [3.05, 3.63) is 18.0 Å². The number of hydrogen-bond acceptors (Lipinski definition) is 3. The second kappa shape index (κ2) is 7.96. The highest BCUT2D eigenvalue weighted by molar-refractivity contribution is 7.89. The number of sulfonamides is 1. The average Bonchev–Trinajstić information content (AvgIpc) is 2.84. The topological polar surface area (TPSA) is 77.1 Å². The lowest BCUT2D eigenvalue weighted by molar-refractivity contribution is 0.390. The predicted octanol–water partition coefficient (Wildman–Crippen LogP) is 2.46. The zero-order valence-corrected chi connectivity index (χ0v) is 14.4. The Bertz CT molecular complexity index is 533. The molecule has 0 aromatic carbocycles. The van der Waals surface area contributed by atoms with E-state index >= 15 is 0 Å². The maximum absolute atomic E-state index is 12.5. The summed E-state index contributed by atoms with van der Waals surface area (Å²) in [6.45, 7) is 9.29. The zero-order valence-electron chi connectivity index (χ0n) is 13.6. The highest BCUT2D eigenvalue weighted by atomic mass is 32.2. The van der Waals surface area contributed by atoms with E-state index in [1.165, 1.54) is 0 Å². The van der Waals surface area contributed by atoms with Gasteiger partial charge in [0.1, 0.15) is 0 Å². The third-order valence-corrected chi connectivity index (χ3v) is 5.57. The molecule has 1 atom stereocenters. The number of nitrogens with two attached hydrogens (primary N) is 1. The first-order chi connectivity index (χ1) is 9.89. The minimum Gasteiger partial charge on any atom is -0.349 e. The summed E-state index contributed by atoms with van der Waals surface area (Å²) >= 11 is 0. The number of aromatic nitrogens is 1. The Morgan fingerprint density at radius 1 is 1.29 bits per heavy atom. The van der Waals surface area contributed by atoms with E-state index in [9.17, 15) is 8.42 Å². The Morgan fingerprint density at radius 2 is 1.90 bits per heavy atom. The van der Waals surface area contributed by atoms with Crippen LogP contribution in [0.5, 0.6) is 0 Å². The molecule has 122 valence electrons. The fourth-order valence-electron chi connectivity index (χ4n) is 2.70. The Hall–Kier alpha value is -0.850. The molecule has 21 heavy (non-hydrogen) atoms. The Labute approximate surface area is 129 Å². The lowest BCUT2D eigenvalue weighted by Crippen LogP contribution is -2.37. The molecule has 0 amide bonds. The van der Waals surface area contributed by atoms with Crippen molar-refractivity contribution in [1.29, 1.82) is 0 Å².